The lowest BCUT2D eigenvalue weighted by molar-refractivity contribution is 0.947. The molecule has 0 aliphatic carbocycles. The summed E-state index contributed by atoms with van der Waals surface area (Å²) < 4.78 is 0. The number of hydrogen-bond donors (Lipinski definition) is 3. The summed E-state index contributed by atoms with van der Waals surface area (Å²) in [6.45, 7) is 1.84. The van der Waals surface area contributed by atoms with Crippen LogP contribution in [0.1, 0.15) is 5.69 Å². The Morgan fingerprint density at radius 3 is 2.40 bits per heavy atom. The second kappa shape index (κ2) is 2.18. The predicted molar refractivity (Wildman–Crippen MR) is 40.3 cm³/mol. The van der Waals surface area contributed by atoms with Crippen molar-refractivity contribution in [1.29, 1.82) is 0 Å². The quantitative estimate of drug-likeness (QED) is 0.367. The third-order valence-electron chi connectivity index (χ3n) is 1.31. The van der Waals surface area contributed by atoms with Crippen molar-refractivity contribution in [3.05, 3.63) is 5.69 Å². The summed E-state index contributed by atoms with van der Waals surface area (Å²) >= 11 is 0. The number of aryl methyl sites for hydroxylation is 1. The molecule has 5 N–H and O–H groups in total. The van der Waals surface area contributed by atoms with Crippen LogP contribution in [0.25, 0.3) is 0 Å². The number of nitrogens with one attached hydrogen (secondary N) is 1. The maximum atomic E-state index is 5.59. The van der Waals surface area contributed by atoms with Gasteiger partial charge in [0.25, 0.3) is 0 Å². The fourth-order valence-electron chi connectivity index (χ4n) is 0.694. The Morgan fingerprint density at radius 2 is 2.20 bits per heavy atom. The van der Waals surface area contributed by atoms with Crippen molar-refractivity contribution in [2.75, 3.05) is 17.8 Å². The van der Waals surface area contributed by atoms with Crippen LogP contribution >= 0.6 is 0 Å². The molecule has 0 saturated carbocycles. The largest absolute Gasteiger partial charge is 0.394 e. The molecule has 0 atom stereocenters. The molecule has 0 bridgehead atoms. The number of aromatic amines is 1. The topological polar surface area (TPSA) is 84.0 Å². The minimum atomic E-state index is 0.581. The highest BCUT2D eigenvalue weighted by Gasteiger charge is 2.06. The minimum Gasteiger partial charge on any atom is -0.394 e. The highest BCUT2D eigenvalue weighted by Crippen LogP contribution is 2.18. The van der Waals surface area contributed by atoms with E-state index >= 15 is 0 Å². The second-order valence-corrected chi connectivity index (χ2v) is 2.20. The van der Waals surface area contributed by atoms with E-state index in [4.69, 9.17) is 11.6 Å². The Morgan fingerprint density at radius 1 is 1.60 bits per heavy atom. The van der Waals surface area contributed by atoms with Gasteiger partial charge in [-0.05, 0) is 6.92 Å². The first-order valence-electron chi connectivity index (χ1n) is 2.91. The van der Waals surface area contributed by atoms with Gasteiger partial charge in [0.2, 0.25) is 0 Å². The van der Waals surface area contributed by atoms with Crippen LogP contribution in [0.3, 0.4) is 0 Å². The molecule has 0 unspecified atom stereocenters. The van der Waals surface area contributed by atoms with E-state index in [1.54, 1.807) is 7.05 Å². The van der Waals surface area contributed by atoms with Crippen LogP contribution in [0.15, 0.2) is 0 Å². The van der Waals surface area contributed by atoms with Crippen molar-refractivity contribution in [3.8, 4) is 0 Å². The van der Waals surface area contributed by atoms with Gasteiger partial charge in [0, 0.05) is 7.05 Å². The van der Waals surface area contributed by atoms with Gasteiger partial charge in [0.15, 0.2) is 5.82 Å². The van der Waals surface area contributed by atoms with Gasteiger partial charge in [-0.25, -0.2) is 5.84 Å². The van der Waals surface area contributed by atoms with Gasteiger partial charge < -0.3 is 5.73 Å². The molecule has 5 heteroatoms. The molecule has 5 nitrogen and oxygen atoms in total. The van der Waals surface area contributed by atoms with Crippen LogP contribution in [0.2, 0.25) is 0 Å². The second-order valence-electron chi connectivity index (χ2n) is 2.20. The summed E-state index contributed by atoms with van der Waals surface area (Å²) in [7, 11) is 1.69. The highest BCUT2D eigenvalue weighted by molar-refractivity contribution is 5.63. The third kappa shape index (κ3) is 0.906. The van der Waals surface area contributed by atoms with Crippen LogP contribution in [0, 0.1) is 6.92 Å². The third-order valence-corrected chi connectivity index (χ3v) is 1.31. The Bertz CT molecular complexity index is 226. The molecular formula is C5H11N5. The summed E-state index contributed by atoms with van der Waals surface area (Å²) in [5, 5.41) is 7.96. The summed E-state index contributed by atoms with van der Waals surface area (Å²) in [5.74, 6) is 5.98. The molecule has 1 heterocycles. The fourth-order valence-corrected chi connectivity index (χ4v) is 0.694. The molecule has 0 fully saturated rings. The number of nitrogens with zero attached hydrogens (tertiary/aromatic N) is 2. The SMILES string of the molecule is Cc1[nH]nc(N(C)N)c1N. The predicted octanol–water partition coefficient (Wildman–Crippen LogP) is -0.390. The summed E-state index contributed by atoms with van der Waals surface area (Å²) in [6.07, 6.45) is 0. The van der Waals surface area contributed by atoms with E-state index in [9.17, 15) is 0 Å². The summed E-state index contributed by atoms with van der Waals surface area (Å²) in [4.78, 5) is 0. The minimum absolute atomic E-state index is 0.581. The van der Waals surface area contributed by atoms with Crippen LogP contribution in [-0.2, 0) is 0 Å². The molecule has 56 valence electrons. The van der Waals surface area contributed by atoms with Gasteiger partial charge in [-0.1, -0.05) is 0 Å². The first kappa shape index (κ1) is 6.88. The summed E-state index contributed by atoms with van der Waals surface area (Å²) in [6, 6.07) is 0. The number of anilines is 2. The van der Waals surface area contributed by atoms with Gasteiger partial charge in [0.05, 0.1) is 11.4 Å². The highest BCUT2D eigenvalue weighted by atomic mass is 15.4. The van der Waals surface area contributed by atoms with Crippen molar-refractivity contribution in [1.82, 2.24) is 10.2 Å². The average Bonchev–Trinajstić information content (AvgIpc) is 2.14. The van der Waals surface area contributed by atoms with Gasteiger partial charge in [-0.3, -0.25) is 10.1 Å². The van der Waals surface area contributed by atoms with E-state index in [-0.39, 0.29) is 0 Å². The molecule has 10 heavy (non-hydrogen) atoms. The van der Waals surface area contributed by atoms with Gasteiger partial charge in [0.1, 0.15) is 0 Å². The van der Waals surface area contributed by atoms with Gasteiger partial charge in [-0.15, -0.1) is 0 Å². The fraction of sp³-hybridized carbons (Fsp3) is 0.400. The molecule has 0 aliphatic rings. The van der Waals surface area contributed by atoms with Gasteiger partial charge >= 0.3 is 0 Å². The number of hydrazine groups is 1. The van der Waals surface area contributed by atoms with Crippen molar-refractivity contribution < 1.29 is 0 Å². The van der Waals surface area contributed by atoms with Crippen molar-refractivity contribution in [2.45, 2.75) is 6.92 Å². The zero-order chi connectivity index (χ0) is 7.72. The molecule has 0 radical (unpaired) electrons. The maximum Gasteiger partial charge on any atom is 0.187 e. The van der Waals surface area contributed by atoms with E-state index in [2.05, 4.69) is 10.2 Å². The average molecular weight is 141 g/mol. The first-order chi connectivity index (χ1) is 4.63. The Labute approximate surface area is 59.0 Å². The van der Waals surface area contributed by atoms with E-state index < -0.39 is 0 Å². The number of aromatic nitrogens is 2. The molecule has 0 spiro atoms. The Hall–Kier alpha value is -1.23. The number of nitrogen functional groups attached to an aromatic ring is 1. The first-order valence-corrected chi connectivity index (χ1v) is 2.91. The lowest BCUT2D eigenvalue weighted by Crippen LogP contribution is -2.26. The summed E-state index contributed by atoms with van der Waals surface area (Å²) in [5.41, 5.74) is 7.03. The number of hydrogen-bond acceptors (Lipinski definition) is 4. The van der Waals surface area contributed by atoms with Crippen molar-refractivity contribution >= 4 is 11.5 Å². The Kier molecular flexibility index (Phi) is 1.50. The number of nitrogens with two attached hydrogens (primary N) is 2. The molecule has 0 saturated heterocycles. The lowest BCUT2D eigenvalue weighted by Gasteiger charge is -2.07. The maximum absolute atomic E-state index is 5.59. The van der Waals surface area contributed by atoms with Crippen molar-refractivity contribution in [2.24, 2.45) is 5.84 Å². The zero-order valence-corrected chi connectivity index (χ0v) is 6.05. The van der Waals surface area contributed by atoms with Crippen LogP contribution in [-0.4, -0.2) is 17.2 Å². The van der Waals surface area contributed by atoms with E-state index in [1.165, 1.54) is 5.01 Å². The van der Waals surface area contributed by atoms with Crippen molar-refractivity contribution in [3.63, 3.8) is 0 Å². The number of H-pyrrole nitrogens is 1. The number of rotatable bonds is 1. The monoisotopic (exact) mass is 141 g/mol. The molecular weight excluding hydrogens is 130 g/mol. The molecule has 1 rings (SSSR count). The lowest BCUT2D eigenvalue weighted by atomic mass is 10.4. The van der Waals surface area contributed by atoms with E-state index in [1.807, 2.05) is 6.92 Å². The molecule has 0 aliphatic heterocycles. The zero-order valence-electron chi connectivity index (χ0n) is 6.05. The van der Waals surface area contributed by atoms with Crippen LogP contribution in [0.4, 0.5) is 11.5 Å². The molecule has 0 aromatic carbocycles. The molecule has 1 aromatic heterocycles. The Balaban J connectivity index is 3.05. The van der Waals surface area contributed by atoms with Crippen LogP contribution in [0.5, 0.6) is 0 Å². The molecule has 0 amide bonds. The van der Waals surface area contributed by atoms with Gasteiger partial charge in [-0.2, -0.15) is 5.10 Å². The van der Waals surface area contributed by atoms with Crippen LogP contribution < -0.4 is 16.6 Å². The van der Waals surface area contributed by atoms with E-state index in [0.29, 0.717) is 11.5 Å². The smallest absolute Gasteiger partial charge is 0.187 e. The van der Waals surface area contributed by atoms with E-state index in [0.717, 1.165) is 5.69 Å². The standard InChI is InChI=1S/C5H11N5/c1-3-4(6)5(9-8-3)10(2)7/h6-7H2,1-2H3,(H,8,9). The molecule has 1 aromatic rings. The normalized spacial score (nSPS) is 9.90.